The Hall–Kier alpha value is -2.66. The average Bonchev–Trinajstić information content (AvgIpc) is 3.17. The number of nitrogens with one attached hydrogen (secondary N) is 1. The molecule has 154 valence electrons. The first-order valence-corrected chi connectivity index (χ1v) is 11.5. The molecule has 1 aliphatic carbocycles. The molecule has 0 saturated carbocycles. The largest absolute Gasteiger partial charge is 0.334 e. The van der Waals surface area contributed by atoms with E-state index in [4.69, 9.17) is 0 Å². The monoisotopic (exact) mass is 420 g/mol. The van der Waals surface area contributed by atoms with Crippen molar-refractivity contribution < 1.29 is 9.18 Å². The molecule has 0 spiro atoms. The molecule has 5 heteroatoms. The molecule has 0 bridgehead atoms. The van der Waals surface area contributed by atoms with E-state index in [1.165, 1.54) is 53.1 Å². The van der Waals surface area contributed by atoms with Crippen molar-refractivity contribution in [2.75, 3.05) is 6.54 Å². The van der Waals surface area contributed by atoms with Crippen molar-refractivity contribution in [3.63, 3.8) is 0 Å². The van der Waals surface area contributed by atoms with Crippen molar-refractivity contribution >= 4 is 17.4 Å². The maximum atomic E-state index is 13.2. The SMILES string of the molecule is O=C(NCc1ccc(F)cc1)N1CCc2c(sc3c2CCCC3)[C@H]1c1ccccc1. The van der Waals surface area contributed by atoms with Crippen LogP contribution < -0.4 is 5.32 Å². The van der Waals surface area contributed by atoms with Crippen LogP contribution >= 0.6 is 11.3 Å². The standard InChI is InChI=1S/C25H25FN2OS/c26-19-12-10-17(11-13-19)16-27-25(29)28-15-14-21-20-8-4-5-9-22(20)30-24(21)23(28)18-6-2-1-3-7-18/h1-3,6-7,10-13,23H,4-5,8-9,14-16H2,(H,27,29)/t23-/m1/s1. The summed E-state index contributed by atoms with van der Waals surface area (Å²) in [5.41, 5.74) is 5.11. The highest BCUT2D eigenvalue weighted by molar-refractivity contribution is 7.12. The van der Waals surface area contributed by atoms with Gasteiger partial charge < -0.3 is 10.2 Å². The molecule has 3 aromatic rings. The fourth-order valence-corrected chi connectivity index (χ4v) is 6.30. The molecule has 5 rings (SSSR count). The molecule has 2 heterocycles. The normalized spacial score (nSPS) is 17.9. The number of hydrogen-bond donors (Lipinski definition) is 1. The van der Waals surface area contributed by atoms with E-state index in [0.29, 0.717) is 13.1 Å². The zero-order valence-electron chi connectivity index (χ0n) is 16.9. The van der Waals surface area contributed by atoms with E-state index in [1.807, 2.05) is 34.4 Å². The third-order valence-electron chi connectivity index (χ3n) is 6.21. The Morgan fingerprint density at radius 2 is 1.77 bits per heavy atom. The molecular weight excluding hydrogens is 395 g/mol. The van der Waals surface area contributed by atoms with E-state index >= 15 is 0 Å². The summed E-state index contributed by atoms with van der Waals surface area (Å²) < 4.78 is 13.2. The minimum atomic E-state index is -0.264. The number of aryl methyl sites for hydroxylation is 1. The zero-order chi connectivity index (χ0) is 20.5. The van der Waals surface area contributed by atoms with Crippen molar-refractivity contribution in [3.05, 3.63) is 92.4 Å². The highest BCUT2D eigenvalue weighted by atomic mass is 32.1. The van der Waals surface area contributed by atoms with Crippen molar-refractivity contribution in [2.45, 2.75) is 44.7 Å². The topological polar surface area (TPSA) is 32.3 Å². The summed E-state index contributed by atoms with van der Waals surface area (Å²) in [6.45, 7) is 1.11. The van der Waals surface area contributed by atoms with Gasteiger partial charge in [-0.3, -0.25) is 0 Å². The lowest BCUT2D eigenvalue weighted by Crippen LogP contribution is -2.45. The van der Waals surface area contributed by atoms with Gasteiger partial charge in [-0.2, -0.15) is 0 Å². The van der Waals surface area contributed by atoms with Crippen molar-refractivity contribution in [1.29, 1.82) is 0 Å². The number of hydrogen-bond acceptors (Lipinski definition) is 2. The van der Waals surface area contributed by atoms with Gasteiger partial charge in [0.2, 0.25) is 0 Å². The van der Waals surface area contributed by atoms with Gasteiger partial charge in [0.25, 0.3) is 0 Å². The number of halogens is 1. The molecule has 3 nitrogen and oxygen atoms in total. The number of fused-ring (bicyclic) bond motifs is 3. The second-order valence-electron chi connectivity index (χ2n) is 8.10. The first-order chi connectivity index (χ1) is 14.7. The van der Waals surface area contributed by atoms with Crippen LogP contribution in [0.5, 0.6) is 0 Å². The van der Waals surface area contributed by atoms with Crippen LogP contribution in [0.15, 0.2) is 54.6 Å². The van der Waals surface area contributed by atoms with Crippen LogP contribution in [0.3, 0.4) is 0 Å². The minimum absolute atomic E-state index is 0.0428. The molecule has 0 radical (unpaired) electrons. The number of nitrogens with zero attached hydrogens (tertiary/aromatic N) is 1. The quantitative estimate of drug-likeness (QED) is 0.586. The molecule has 2 amide bonds. The predicted octanol–water partition coefficient (Wildman–Crippen LogP) is 5.62. The Balaban J connectivity index is 1.44. The molecular formula is C25H25FN2OS. The summed E-state index contributed by atoms with van der Waals surface area (Å²) in [7, 11) is 0. The first-order valence-electron chi connectivity index (χ1n) is 10.7. The summed E-state index contributed by atoms with van der Waals surface area (Å²) in [4.78, 5) is 18.1. The maximum Gasteiger partial charge on any atom is 0.318 e. The highest BCUT2D eigenvalue weighted by Crippen LogP contribution is 2.44. The van der Waals surface area contributed by atoms with Crippen LogP contribution in [-0.2, 0) is 25.8 Å². The molecule has 2 aromatic carbocycles. The van der Waals surface area contributed by atoms with E-state index in [1.54, 1.807) is 17.7 Å². The Bertz CT molecular complexity index is 1050. The fourth-order valence-electron chi connectivity index (χ4n) is 4.72. The van der Waals surface area contributed by atoms with E-state index in [-0.39, 0.29) is 17.9 Å². The third kappa shape index (κ3) is 3.63. The van der Waals surface area contributed by atoms with E-state index < -0.39 is 0 Å². The zero-order valence-corrected chi connectivity index (χ0v) is 17.7. The molecule has 1 aliphatic heterocycles. The van der Waals surface area contributed by atoms with Crippen molar-refractivity contribution in [3.8, 4) is 0 Å². The van der Waals surface area contributed by atoms with Gasteiger partial charge in [-0.15, -0.1) is 11.3 Å². The minimum Gasteiger partial charge on any atom is -0.334 e. The number of carbonyl (C=O) groups excluding carboxylic acids is 1. The van der Waals surface area contributed by atoms with E-state index in [9.17, 15) is 9.18 Å². The van der Waals surface area contributed by atoms with E-state index in [0.717, 1.165) is 17.5 Å². The third-order valence-corrected chi connectivity index (χ3v) is 7.59. The number of thiophene rings is 1. The lowest BCUT2D eigenvalue weighted by molar-refractivity contribution is 0.180. The van der Waals surface area contributed by atoms with Gasteiger partial charge in [-0.1, -0.05) is 42.5 Å². The number of benzene rings is 2. The fraction of sp³-hybridized carbons (Fsp3) is 0.320. The second kappa shape index (κ2) is 8.23. The Kier molecular flexibility index (Phi) is 5.30. The smallest absolute Gasteiger partial charge is 0.318 e. The molecule has 1 N–H and O–H groups in total. The second-order valence-corrected chi connectivity index (χ2v) is 9.23. The van der Waals surface area contributed by atoms with Gasteiger partial charge in [-0.25, -0.2) is 9.18 Å². The van der Waals surface area contributed by atoms with Gasteiger partial charge >= 0.3 is 6.03 Å². The number of amides is 2. The van der Waals surface area contributed by atoms with Gasteiger partial charge in [0.15, 0.2) is 0 Å². The molecule has 30 heavy (non-hydrogen) atoms. The van der Waals surface area contributed by atoms with Gasteiger partial charge in [-0.05, 0) is 66.5 Å². The lowest BCUT2D eigenvalue weighted by atomic mass is 9.88. The summed E-state index contributed by atoms with van der Waals surface area (Å²) in [6.07, 6.45) is 5.82. The Morgan fingerprint density at radius 3 is 2.57 bits per heavy atom. The van der Waals surface area contributed by atoms with Crippen molar-refractivity contribution in [1.82, 2.24) is 10.2 Å². The van der Waals surface area contributed by atoms with Crippen LogP contribution in [0.2, 0.25) is 0 Å². The highest BCUT2D eigenvalue weighted by Gasteiger charge is 2.36. The van der Waals surface area contributed by atoms with E-state index in [2.05, 4.69) is 17.4 Å². The molecule has 1 atom stereocenters. The molecule has 0 saturated heterocycles. The maximum absolute atomic E-state index is 13.2. The van der Waals surface area contributed by atoms with Crippen LogP contribution in [-0.4, -0.2) is 17.5 Å². The lowest BCUT2D eigenvalue weighted by Gasteiger charge is -2.36. The molecule has 0 unspecified atom stereocenters. The number of carbonyl (C=O) groups is 1. The summed E-state index contributed by atoms with van der Waals surface area (Å²) in [6, 6.07) is 16.5. The number of urea groups is 1. The summed E-state index contributed by atoms with van der Waals surface area (Å²) in [5.74, 6) is -0.264. The Morgan fingerprint density at radius 1 is 1.00 bits per heavy atom. The molecule has 1 aromatic heterocycles. The number of rotatable bonds is 3. The molecule has 2 aliphatic rings. The summed E-state index contributed by atoms with van der Waals surface area (Å²) in [5, 5.41) is 3.05. The average molecular weight is 421 g/mol. The van der Waals surface area contributed by atoms with Gasteiger partial charge in [0, 0.05) is 22.8 Å². The van der Waals surface area contributed by atoms with Crippen LogP contribution in [0.25, 0.3) is 0 Å². The van der Waals surface area contributed by atoms with Gasteiger partial charge in [0.1, 0.15) is 5.82 Å². The predicted molar refractivity (Wildman–Crippen MR) is 118 cm³/mol. The first kappa shape index (κ1) is 19.3. The Labute approximate surface area is 180 Å². The van der Waals surface area contributed by atoms with Gasteiger partial charge in [0.05, 0.1) is 6.04 Å². The van der Waals surface area contributed by atoms with Crippen LogP contribution in [0, 0.1) is 5.82 Å². The summed E-state index contributed by atoms with van der Waals surface area (Å²) >= 11 is 1.91. The van der Waals surface area contributed by atoms with Crippen LogP contribution in [0.4, 0.5) is 9.18 Å². The van der Waals surface area contributed by atoms with Crippen LogP contribution in [0.1, 0.15) is 50.9 Å². The molecule has 0 fully saturated rings. The van der Waals surface area contributed by atoms with Crippen molar-refractivity contribution in [2.24, 2.45) is 0 Å².